The van der Waals surface area contributed by atoms with E-state index in [9.17, 15) is 0 Å². The van der Waals surface area contributed by atoms with Gasteiger partial charge in [0, 0.05) is 44.1 Å². The van der Waals surface area contributed by atoms with Crippen molar-refractivity contribution < 1.29 is 0 Å². The van der Waals surface area contributed by atoms with E-state index in [4.69, 9.17) is 5.26 Å². The number of piperazine rings is 1. The summed E-state index contributed by atoms with van der Waals surface area (Å²) in [5.74, 6) is 0. The Kier molecular flexibility index (Phi) is 4.66. The van der Waals surface area contributed by atoms with Gasteiger partial charge in [-0.1, -0.05) is 18.2 Å². The summed E-state index contributed by atoms with van der Waals surface area (Å²) in [5.41, 5.74) is 2.03. The minimum absolute atomic E-state index is 0.736. The zero-order valence-electron chi connectivity index (χ0n) is 12.0. The van der Waals surface area contributed by atoms with Crippen LogP contribution in [0.25, 0.3) is 0 Å². The molecule has 21 heavy (non-hydrogen) atoms. The molecule has 1 aromatic carbocycles. The molecule has 0 saturated carbocycles. The van der Waals surface area contributed by atoms with Crippen molar-refractivity contribution >= 4 is 11.3 Å². The van der Waals surface area contributed by atoms with Crippen LogP contribution < -0.4 is 0 Å². The SMILES string of the molecule is N#Cc1ccc(CN2CCN(Cc3cccs3)CC2)cc1. The lowest BCUT2D eigenvalue weighted by Gasteiger charge is -2.34. The van der Waals surface area contributed by atoms with E-state index >= 15 is 0 Å². The first-order chi connectivity index (χ1) is 10.3. The minimum Gasteiger partial charge on any atom is -0.297 e. The Hall–Kier alpha value is -1.67. The number of nitrogens with zero attached hydrogens (tertiary/aromatic N) is 3. The van der Waals surface area contributed by atoms with Crippen molar-refractivity contribution in [2.75, 3.05) is 26.2 Å². The van der Waals surface area contributed by atoms with Gasteiger partial charge in [-0.15, -0.1) is 11.3 Å². The molecule has 3 rings (SSSR count). The van der Waals surface area contributed by atoms with Crippen molar-refractivity contribution in [3.8, 4) is 6.07 Å². The van der Waals surface area contributed by atoms with Gasteiger partial charge in [0.25, 0.3) is 0 Å². The number of nitriles is 1. The lowest BCUT2D eigenvalue weighted by molar-refractivity contribution is 0.123. The maximum atomic E-state index is 8.82. The molecule has 0 bridgehead atoms. The fraction of sp³-hybridized carbons (Fsp3) is 0.353. The van der Waals surface area contributed by atoms with Gasteiger partial charge in [-0.25, -0.2) is 0 Å². The third-order valence-electron chi connectivity index (χ3n) is 3.91. The quantitative estimate of drug-likeness (QED) is 0.869. The molecular weight excluding hydrogens is 278 g/mol. The highest BCUT2D eigenvalue weighted by atomic mass is 32.1. The van der Waals surface area contributed by atoms with Crippen LogP contribution in [0, 0.1) is 11.3 Å². The van der Waals surface area contributed by atoms with E-state index in [-0.39, 0.29) is 0 Å². The highest BCUT2D eigenvalue weighted by Crippen LogP contribution is 2.15. The third-order valence-corrected chi connectivity index (χ3v) is 4.77. The first-order valence-corrected chi connectivity index (χ1v) is 8.17. The summed E-state index contributed by atoms with van der Waals surface area (Å²) in [6.07, 6.45) is 0. The van der Waals surface area contributed by atoms with E-state index in [1.54, 1.807) is 0 Å². The van der Waals surface area contributed by atoms with Crippen LogP contribution in [0.15, 0.2) is 41.8 Å². The minimum atomic E-state index is 0.736. The zero-order chi connectivity index (χ0) is 14.5. The Balaban J connectivity index is 1.48. The van der Waals surface area contributed by atoms with Gasteiger partial charge >= 0.3 is 0 Å². The standard InChI is InChI=1S/C17H19N3S/c18-12-15-3-5-16(6-4-15)13-19-7-9-20(10-8-19)14-17-2-1-11-21-17/h1-6,11H,7-10,13-14H2. The molecule has 108 valence electrons. The molecule has 0 aliphatic carbocycles. The largest absolute Gasteiger partial charge is 0.297 e. The highest BCUT2D eigenvalue weighted by Gasteiger charge is 2.17. The molecule has 2 aromatic rings. The summed E-state index contributed by atoms with van der Waals surface area (Å²) in [7, 11) is 0. The highest BCUT2D eigenvalue weighted by molar-refractivity contribution is 7.09. The number of benzene rings is 1. The monoisotopic (exact) mass is 297 g/mol. The summed E-state index contributed by atoms with van der Waals surface area (Å²) < 4.78 is 0. The second kappa shape index (κ2) is 6.86. The van der Waals surface area contributed by atoms with Crippen LogP contribution in [0.4, 0.5) is 0 Å². The van der Waals surface area contributed by atoms with Gasteiger partial charge in [-0.2, -0.15) is 5.26 Å². The molecule has 0 unspecified atom stereocenters. The van der Waals surface area contributed by atoms with Crippen LogP contribution in [0.2, 0.25) is 0 Å². The molecule has 1 aliphatic rings. The molecule has 1 saturated heterocycles. The molecule has 0 amide bonds. The van der Waals surface area contributed by atoms with Crippen LogP contribution in [0.1, 0.15) is 16.0 Å². The smallest absolute Gasteiger partial charge is 0.0991 e. The molecule has 1 aromatic heterocycles. The number of thiophene rings is 1. The first-order valence-electron chi connectivity index (χ1n) is 7.29. The average molecular weight is 297 g/mol. The van der Waals surface area contributed by atoms with Crippen molar-refractivity contribution in [2.24, 2.45) is 0 Å². The van der Waals surface area contributed by atoms with Gasteiger partial charge in [-0.3, -0.25) is 9.80 Å². The zero-order valence-corrected chi connectivity index (χ0v) is 12.9. The van der Waals surface area contributed by atoms with Gasteiger partial charge in [0.05, 0.1) is 11.6 Å². The Morgan fingerprint density at radius 3 is 2.19 bits per heavy atom. The van der Waals surface area contributed by atoms with Gasteiger partial charge < -0.3 is 0 Å². The molecule has 4 heteroatoms. The van der Waals surface area contributed by atoms with Crippen LogP contribution >= 0.6 is 11.3 Å². The fourth-order valence-electron chi connectivity index (χ4n) is 2.67. The Morgan fingerprint density at radius 2 is 1.62 bits per heavy atom. The third kappa shape index (κ3) is 3.92. The Labute approximate surface area is 130 Å². The molecule has 3 nitrogen and oxygen atoms in total. The number of hydrogen-bond donors (Lipinski definition) is 0. The fourth-order valence-corrected chi connectivity index (χ4v) is 3.42. The molecule has 0 atom stereocenters. The Bertz CT molecular complexity index is 590. The van der Waals surface area contributed by atoms with Crippen LogP contribution in [-0.4, -0.2) is 36.0 Å². The topological polar surface area (TPSA) is 30.3 Å². The van der Waals surface area contributed by atoms with Crippen molar-refractivity contribution in [1.82, 2.24) is 9.80 Å². The predicted molar refractivity (Wildman–Crippen MR) is 86.0 cm³/mol. The summed E-state index contributed by atoms with van der Waals surface area (Å²) in [6.45, 7) is 6.57. The summed E-state index contributed by atoms with van der Waals surface area (Å²) >= 11 is 1.84. The van der Waals surface area contributed by atoms with Crippen molar-refractivity contribution in [2.45, 2.75) is 13.1 Å². The number of rotatable bonds is 4. The maximum absolute atomic E-state index is 8.82. The lowest BCUT2D eigenvalue weighted by atomic mass is 10.1. The van der Waals surface area contributed by atoms with Gasteiger partial charge in [0.2, 0.25) is 0 Å². The van der Waals surface area contributed by atoms with Crippen molar-refractivity contribution in [3.63, 3.8) is 0 Å². The Morgan fingerprint density at radius 1 is 0.952 bits per heavy atom. The molecular formula is C17H19N3S. The molecule has 0 radical (unpaired) electrons. The second-order valence-corrected chi connectivity index (χ2v) is 6.47. The number of hydrogen-bond acceptors (Lipinski definition) is 4. The van der Waals surface area contributed by atoms with Gasteiger partial charge in [0.1, 0.15) is 0 Å². The summed E-state index contributed by atoms with van der Waals surface area (Å²) in [5, 5.41) is 11.0. The average Bonchev–Trinajstić information content (AvgIpc) is 3.03. The van der Waals surface area contributed by atoms with Gasteiger partial charge in [0.15, 0.2) is 0 Å². The van der Waals surface area contributed by atoms with Crippen LogP contribution in [0.5, 0.6) is 0 Å². The van der Waals surface area contributed by atoms with E-state index in [1.165, 1.54) is 10.4 Å². The first kappa shape index (κ1) is 14.3. The van der Waals surface area contributed by atoms with E-state index < -0.39 is 0 Å². The van der Waals surface area contributed by atoms with E-state index in [1.807, 2.05) is 23.5 Å². The molecule has 2 heterocycles. The maximum Gasteiger partial charge on any atom is 0.0991 e. The molecule has 0 spiro atoms. The lowest BCUT2D eigenvalue weighted by Crippen LogP contribution is -2.45. The van der Waals surface area contributed by atoms with E-state index in [0.717, 1.165) is 44.8 Å². The van der Waals surface area contributed by atoms with Crippen molar-refractivity contribution in [3.05, 3.63) is 57.8 Å². The summed E-state index contributed by atoms with van der Waals surface area (Å²) in [6, 6.07) is 14.4. The van der Waals surface area contributed by atoms with E-state index in [0.29, 0.717) is 0 Å². The van der Waals surface area contributed by atoms with Gasteiger partial charge in [-0.05, 0) is 29.1 Å². The van der Waals surface area contributed by atoms with Crippen molar-refractivity contribution in [1.29, 1.82) is 5.26 Å². The van der Waals surface area contributed by atoms with Crippen LogP contribution in [0.3, 0.4) is 0 Å². The van der Waals surface area contributed by atoms with Crippen LogP contribution in [-0.2, 0) is 13.1 Å². The summed E-state index contributed by atoms with van der Waals surface area (Å²) in [4.78, 5) is 6.48. The molecule has 1 fully saturated rings. The normalized spacial score (nSPS) is 16.7. The molecule has 0 N–H and O–H groups in total. The van der Waals surface area contributed by atoms with E-state index in [2.05, 4.69) is 45.5 Å². The predicted octanol–water partition coefficient (Wildman–Crippen LogP) is 2.94. The second-order valence-electron chi connectivity index (χ2n) is 5.44. The molecule has 1 aliphatic heterocycles.